The summed E-state index contributed by atoms with van der Waals surface area (Å²) in [7, 11) is 0. The zero-order valence-corrected chi connectivity index (χ0v) is 13.7. The topological polar surface area (TPSA) is 91.1 Å². The maximum atomic E-state index is 13.2. The zero-order chi connectivity index (χ0) is 16.5. The number of nitrogens with two attached hydrogens (primary N) is 1. The number of carbonyl (C=O) groups excluding carboxylic acids is 2. The highest BCUT2D eigenvalue weighted by Crippen LogP contribution is 2.43. The Labute approximate surface area is 136 Å². The number of hydrogen-bond donors (Lipinski definition) is 1. The van der Waals surface area contributed by atoms with Crippen molar-refractivity contribution in [2.24, 2.45) is 17.1 Å². The molecule has 0 bridgehead atoms. The average Bonchev–Trinajstić information content (AvgIpc) is 2.96. The Kier molecular flexibility index (Phi) is 4.62. The van der Waals surface area contributed by atoms with Gasteiger partial charge in [0.25, 0.3) is 5.91 Å². The van der Waals surface area contributed by atoms with Crippen molar-refractivity contribution in [3.63, 3.8) is 0 Å². The van der Waals surface area contributed by atoms with Gasteiger partial charge in [0.05, 0.1) is 12.0 Å². The number of likely N-dealkylation sites (tertiary alicyclic amines) is 1. The van der Waals surface area contributed by atoms with Crippen molar-refractivity contribution >= 4 is 11.8 Å². The first-order chi connectivity index (χ1) is 11.0. The van der Waals surface area contributed by atoms with Gasteiger partial charge in [0.15, 0.2) is 5.60 Å². The van der Waals surface area contributed by atoms with Gasteiger partial charge in [-0.3, -0.25) is 9.59 Å². The second-order valence-electron chi connectivity index (χ2n) is 6.77. The van der Waals surface area contributed by atoms with Crippen LogP contribution in [0.1, 0.15) is 26.2 Å². The predicted molar refractivity (Wildman–Crippen MR) is 81.5 cm³/mol. The first-order valence-corrected chi connectivity index (χ1v) is 8.43. The molecule has 0 aromatic carbocycles. The third kappa shape index (κ3) is 2.75. The van der Waals surface area contributed by atoms with Crippen LogP contribution in [0.25, 0.3) is 0 Å². The standard InChI is InChI=1S/C16H26N2O5/c1-2-23-16(4-7-21-8-5-16)14(20)18-9-12-10-22-6-3-15(12,11-18)13(17)19/h12H,2-11H2,1H3,(H2,17,19)/t12-,15+/m1/s1. The zero-order valence-electron chi connectivity index (χ0n) is 13.7. The number of rotatable bonds is 4. The van der Waals surface area contributed by atoms with Gasteiger partial charge in [0, 0.05) is 58.3 Å². The fraction of sp³-hybridized carbons (Fsp3) is 0.875. The molecule has 0 spiro atoms. The number of fused-ring (bicyclic) bond motifs is 1. The second kappa shape index (κ2) is 6.37. The Morgan fingerprint density at radius 1 is 1.22 bits per heavy atom. The fourth-order valence-electron chi connectivity index (χ4n) is 4.19. The molecule has 3 heterocycles. The normalized spacial score (nSPS) is 33.3. The first-order valence-electron chi connectivity index (χ1n) is 8.43. The summed E-state index contributed by atoms with van der Waals surface area (Å²) in [6, 6.07) is 0. The number of carbonyl (C=O) groups is 2. The van der Waals surface area contributed by atoms with E-state index in [0.717, 1.165) is 0 Å². The minimum atomic E-state index is -0.819. The Bertz CT molecular complexity index is 472. The number of amides is 2. The van der Waals surface area contributed by atoms with Gasteiger partial charge in [-0.05, 0) is 13.3 Å². The highest BCUT2D eigenvalue weighted by atomic mass is 16.5. The highest BCUT2D eigenvalue weighted by molar-refractivity contribution is 5.88. The van der Waals surface area contributed by atoms with Gasteiger partial charge in [-0.1, -0.05) is 0 Å². The predicted octanol–water partition coefficient (Wildman–Crippen LogP) is -0.0775. The van der Waals surface area contributed by atoms with Gasteiger partial charge < -0.3 is 24.8 Å². The van der Waals surface area contributed by atoms with Crippen LogP contribution in [0, 0.1) is 11.3 Å². The van der Waals surface area contributed by atoms with E-state index in [1.807, 2.05) is 6.92 Å². The van der Waals surface area contributed by atoms with Crippen molar-refractivity contribution in [2.45, 2.75) is 31.8 Å². The Morgan fingerprint density at radius 3 is 2.52 bits per heavy atom. The van der Waals surface area contributed by atoms with Crippen molar-refractivity contribution in [3.8, 4) is 0 Å². The minimum Gasteiger partial charge on any atom is -0.381 e. The van der Waals surface area contributed by atoms with Crippen molar-refractivity contribution in [1.82, 2.24) is 4.90 Å². The lowest BCUT2D eigenvalue weighted by Gasteiger charge is -2.38. The molecule has 7 nitrogen and oxygen atoms in total. The summed E-state index contributed by atoms with van der Waals surface area (Å²) in [5.74, 6) is -0.368. The average molecular weight is 326 g/mol. The molecule has 2 N–H and O–H groups in total. The number of ether oxygens (including phenoxy) is 3. The maximum Gasteiger partial charge on any atom is 0.255 e. The van der Waals surface area contributed by atoms with E-state index in [1.165, 1.54) is 0 Å². The third-order valence-corrected chi connectivity index (χ3v) is 5.60. The summed E-state index contributed by atoms with van der Waals surface area (Å²) in [4.78, 5) is 27.0. The van der Waals surface area contributed by atoms with Crippen LogP contribution >= 0.6 is 0 Å². The highest BCUT2D eigenvalue weighted by Gasteiger charge is 2.56. The van der Waals surface area contributed by atoms with Crippen molar-refractivity contribution < 1.29 is 23.8 Å². The van der Waals surface area contributed by atoms with Crippen LogP contribution in [0.15, 0.2) is 0 Å². The van der Waals surface area contributed by atoms with Gasteiger partial charge in [0.1, 0.15) is 0 Å². The molecule has 130 valence electrons. The van der Waals surface area contributed by atoms with Crippen LogP contribution in [-0.2, 0) is 23.8 Å². The Balaban J connectivity index is 1.81. The molecule has 0 radical (unpaired) electrons. The SMILES string of the molecule is CCOC1(C(=O)N2C[C@@H]3COCC[C@]3(C(N)=O)C2)CCOCC1. The van der Waals surface area contributed by atoms with Gasteiger partial charge in [0.2, 0.25) is 5.91 Å². The fourth-order valence-corrected chi connectivity index (χ4v) is 4.19. The van der Waals surface area contributed by atoms with Crippen molar-refractivity contribution in [1.29, 1.82) is 0 Å². The summed E-state index contributed by atoms with van der Waals surface area (Å²) in [5, 5.41) is 0. The number of hydrogen-bond acceptors (Lipinski definition) is 5. The van der Waals surface area contributed by atoms with Crippen LogP contribution in [-0.4, -0.2) is 68.4 Å². The lowest BCUT2D eigenvalue weighted by Crippen LogP contribution is -2.54. The molecule has 3 saturated heterocycles. The molecule has 0 aromatic heterocycles. The molecule has 2 amide bonds. The summed E-state index contributed by atoms with van der Waals surface area (Å²) < 4.78 is 16.8. The van der Waals surface area contributed by atoms with Crippen LogP contribution in [0.3, 0.4) is 0 Å². The van der Waals surface area contributed by atoms with E-state index in [1.54, 1.807) is 4.90 Å². The van der Waals surface area contributed by atoms with Gasteiger partial charge >= 0.3 is 0 Å². The van der Waals surface area contributed by atoms with E-state index < -0.39 is 11.0 Å². The lowest BCUT2D eigenvalue weighted by atomic mass is 9.74. The van der Waals surface area contributed by atoms with E-state index in [4.69, 9.17) is 19.9 Å². The van der Waals surface area contributed by atoms with Crippen LogP contribution in [0.4, 0.5) is 0 Å². The molecule has 0 unspecified atom stereocenters. The molecule has 2 atom stereocenters. The van der Waals surface area contributed by atoms with E-state index in [9.17, 15) is 9.59 Å². The van der Waals surface area contributed by atoms with E-state index in [2.05, 4.69) is 0 Å². The van der Waals surface area contributed by atoms with Gasteiger partial charge in [-0.25, -0.2) is 0 Å². The monoisotopic (exact) mass is 326 g/mol. The molecule has 3 aliphatic rings. The first kappa shape index (κ1) is 16.7. The third-order valence-electron chi connectivity index (χ3n) is 5.60. The molecule has 23 heavy (non-hydrogen) atoms. The van der Waals surface area contributed by atoms with Crippen molar-refractivity contribution in [3.05, 3.63) is 0 Å². The molecule has 0 aromatic rings. The quantitative estimate of drug-likeness (QED) is 0.780. The Morgan fingerprint density at radius 2 is 1.91 bits per heavy atom. The molecular weight excluding hydrogens is 300 g/mol. The Hall–Kier alpha value is -1.18. The molecule has 0 saturated carbocycles. The van der Waals surface area contributed by atoms with Gasteiger partial charge in [-0.2, -0.15) is 0 Å². The summed E-state index contributed by atoms with van der Waals surface area (Å²) in [5.41, 5.74) is 4.23. The molecule has 3 rings (SSSR count). The van der Waals surface area contributed by atoms with Crippen LogP contribution in [0.2, 0.25) is 0 Å². The molecule has 0 aliphatic carbocycles. The molecule has 3 fully saturated rings. The van der Waals surface area contributed by atoms with E-state index >= 15 is 0 Å². The smallest absolute Gasteiger partial charge is 0.255 e. The summed E-state index contributed by atoms with van der Waals surface area (Å²) in [6.07, 6.45) is 1.70. The summed E-state index contributed by atoms with van der Waals surface area (Å²) in [6.45, 7) is 5.31. The maximum absolute atomic E-state index is 13.2. The lowest BCUT2D eigenvalue weighted by molar-refractivity contribution is -0.170. The van der Waals surface area contributed by atoms with Crippen LogP contribution in [0.5, 0.6) is 0 Å². The largest absolute Gasteiger partial charge is 0.381 e. The molecule has 3 aliphatic heterocycles. The van der Waals surface area contributed by atoms with E-state index in [0.29, 0.717) is 65.4 Å². The second-order valence-corrected chi connectivity index (χ2v) is 6.77. The molecular formula is C16H26N2O5. The van der Waals surface area contributed by atoms with E-state index in [-0.39, 0.29) is 17.7 Å². The van der Waals surface area contributed by atoms with Gasteiger partial charge in [-0.15, -0.1) is 0 Å². The van der Waals surface area contributed by atoms with Crippen molar-refractivity contribution in [2.75, 3.05) is 46.1 Å². The van der Waals surface area contributed by atoms with Crippen LogP contribution < -0.4 is 5.73 Å². The summed E-state index contributed by atoms with van der Waals surface area (Å²) >= 11 is 0. The number of nitrogens with zero attached hydrogens (tertiary/aromatic N) is 1. The molecule has 7 heteroatoms. The number of primary amides is 1. The minimum absolute atomic E-state index is 0.0174.